The molecule has 0 bridgehead atoms. The van der Waals surface area contributed by atoms with Gasteiger partial charge < -0.3 is 29.5 Å². The largest absolute Gasteiger partial charge is 0.490 e. The molecule has 2 amide bonds. The van der Waals surface area contributed by atoms with E-state index in [-0.39, 0.29) is 0 Å². The van der Waals surface area contributed by atoms with E-state index in [0.717, 1.165) is 3.57 Å². The molecule has 0 spiro atoms. The van der Waals surface area contributed by atoms with Crippen LogP contribution in [0.15, 0.2) is 18.2 Å². The third kappa shape index (κ3) is 9.40. The minimum absolute atomic E-state index is 0.354. The number of amides is 2. The molecule has 0 unspecified atom stereocenters. The highest BCUT2D eigenvalue weighted by Crippen LogP contribution is 2.29. The molecule has 0 aliphatic rings. The van der Waals surface area contributed by atoms with Crippen molar-refractivity contribution in [3.63, 3.8) is 0 Å². The van der Waals surface area contributed by atoms with Crippen LogP contribution in [0.5, 0.6) is 11.5 Å². The summed E-state index contributed by atoms with van der Waals surface area (Å²) in [6, 6.07) is 5.61. The standard InChI is InChI=1S/C22H35IN2O6/c1-21(2,3)24(19(26)27)11-7-13-30-17-10-9-16(23)15-18(17)31-14-8-12-25(20(28)29)22(4,5)6/h9-10,15H,7-8,11-14H2,1-6H3,(H,26,27)(H,28,29). The number of hydrogen-bond acceptors (Lipinski definition) is 4. The van der Waals surface area contributed by atoms with E-state index in [1.165, 1.54) is 9.80 Å². The Balaban J connectivity index is 2.62. The van der Waals surface area contributed by atoms with Crippen molar-refractivity contribution >= 4 is 34.8 Å². The zero-order chi connectivity index (χ0) is 23.8. The van der Waals surface area contributed by atoms with Gasteiger partial charge in [-0.1, -0.05) is 0 Å². The number of carboxylic acid groups (broad SMARTS) is 2. The second-order valence-electron chi connectivity index (χ2n) is 9.21. The van der Waals surface area contributed by atoms with Crippen LogP contribution in [-0.4, -0.2) is 69.6 Å². The molecule has 0 radical (unpaired) electrons. The van der Waals surface area contributed by atoms with Gasteiger partial charge in [0, 0.05) is 27.7 Å². The van der Waals surface area contributed by atoms with Crippen molar-refractivity contribution in [2.24, 2.45) is 0 Å². The molecule has 1 rings (SSSR count). The van der Waals surface area contributed by atoms with Crippen LogP contribution < -0.4 is 9.47 Å². The maximum atomic E-state index is 11.4. The smallest absolute Gasteiger partial charge is 0.407 e. The average Bonchev–Trinajstić information content (AvgIpc) is 2.59. The zero-order valence-corrected chi connectivity index (χ0v) is 21.4. The Labute approximate surface area is 198 Å². The van der Waals surface area contributed by atoms with E-state index < -0.39 is 23.3 Å². The van der Waals surface area contributed by atoms with E-state index in [2.05, 4.69) is 22.6 Å². The van der Waals surface area contributed by atoms with Crippen molar-refractivity contribution in [3.05, 3.63) is 21.8 Å². The number of benzene rings is 1. The maximum absolute atomic E-state index is 11.4. The molecule has 0 saturated heterocycles. The molecule has 9 heteroatoms. The fourth-order valence-corrected chi connectivity index (χ4v) is 3.42. The summed E-state index contributed by atoms with van der Waals surface area (Å²) in [5, 5.41) is 18.7. The fraction of sp³-hybridized carbons (Fsp3) is 0.636. The monoisotopic (exact) mass is 550 g/mol. The predicted molar refractivity (Wildman–Crippen MR) is 128 cm³/mol. The lowest BCUT2D eigenvalue weighted by Gasteiger charge is -2.33. The van der Waals surface area contributed by atoms with Crippen LogP contribution in [0.1, 0.15) is 54.4 Å². The Hall–Kier alpha value is -1.91. The van der Waals surface area contributed by atoms with Crippen LogP contribution in [0.4, 0.5) is 9.59 Å². The van der Waals surface area contributed by atoms with Crippen molar-refractivity contribution in [2.45, 2.75) is 65.5 Å². The molecule has 31 heavy (non-hydrogen) atoms. The summed E-state index contributed by atoms with van der Waals surface area (Å²) in [4.78, 5) is 25.6. The Kier molecular flexibility index (Phi) is 10.2. The van der Waals surface area contributed by atoms with Gasteiger partial charge in [0.15, 0.2) is 11.5 Å². The molecule has 0 aliphatic heterocycles. The number of halogens is 1. The number of ether oxygens (including phenoxy) is 2. The quantitative estimate of drug-likeness (QED) is 0.300. The summed E-state index contributed by atoms with van der Waals surface area (Å²) in [6.45, 7) is 12.6. The number of carbonyl (C=O) groups is 2. The van der Waals surface area contributed by atoms with Crippen LogP contribution in [0.2, 0.25) is 0 Å². The van der Waals surface area contributed by atoms with E-state index >= 15 is 0 Å². The van der Waals surface area contributed by atoms with Crippen molar-refractivity contribution in [1.82, 2.24) is 9.80 Å². The minimum Gasteiger partial charge on any atom is -0.490 e. The lowest BCUT2D eigenvalue weighted by atomic mass is 10.1. The van der Waals surface area contributed by atoms with Crippen molar-refractivity contribution in [3.8, 4) is 11.5 Å². The highest BCUT2D eigenvalue weighted by Gasteiger charge is 2.26. The normalized spacial score (nSPS) is 11.7. The molecule has 0 saturated carbocycles. The number of nitrogens with zero attached hydrogens (tertiary/aromatic N) is 2. The molecule has 1 aromatic rings. The number of hydrogen-bond donors (Lipinski definition) is 2. The second kappa shape index (κ2) is 11.6. The van der Waals surface area contributed by atoms with Crippen LogP contribution >= 0.6 is 22.6 Å². The summed E-state index contributed by atoms with van der Waals surface area (Å²) < 4.78 is 12.7. The van der Waals surface area contributed by atoms with Gasteiger partial charge >= 0.3 is 12.2 Å². The summed E-state index contributed by atoms with van der Waals surface area (Å²) in [6.07, 6.45) is -0.796. The van der Waals surface area contributed by atoms with Crippen molar-refractivity contribution in [1.29, 1.82) is 0 Å². The zero-order valence-electron chi connectivity index (χ0n) is 19.3. The summed E-state index contributed by atoms with van der Waals surface area (Å²) in [7, 11) is 0. The van der Waals surface area contributed by atoms with Crippen LogP contribution in [0.25, 0.3) is 0 Å². The van der Waals surface area contributed by atoms with Crippen LogP contribution in [-0.2, 0) is 0 Å². The third-order valence-electron chi connectivity index (χ3n) is 4.55. The third-order valence-corrected chi connectivity index (χ3v) is 5.23. The second-order valence-corrected chi connectivity index (χ2v) is 10.5. The molecule has 2 N–H and O–H groups in total. The highest BCUT2D eigenvalue weighted by molar-refractivity contribution is 14.1. The van der Waals surface area contributed by atoms with Gasteiger partial charge in [-0.05, 0) is 95.2 Å². The molecule has 176 valence electrons. The van der Waals surface area contributed by atoms with E-state index in [1.807, 2.05) is 59.7 Å². The molecule has 8 nitrogen and oxygen atoms in total. The van der Waals surface area contributed by atoms with Gasteiger partial charge in [0.25, 0.3) is 0 Å². The Bertz CT molecular complexity index is 742. The van der Waals surface area contributed by atoms with Gasteiger partial charge in [-0.2, -0.15) is 0 Å². The van der Waals surface area contributed by atoms with Crippen molar-refractivity contribution in [2.75, 3.05) is 26.3 Å². The van der Waals surface area contributed by atoms with Crippen LogP contribution in [0.3, 0.4) is 0 Å². The van der Waals surface area contributed by atoms with E-state index in [4.69, 9.17) is 9.47 Å². The topological polar surface area (TPSA) is 99.5 Å². The summed E-state index contributed by atoms with van der Waals surface area (Å²) >= 11 is 2.19. The first-order chi connectivity index (χ1) is 14.2. The van der Waals surface area contributed by atoms with Gasteiger partial charge in [0.1, 0.15) is 0 Å². The fourth-order valence-electron chi connectivity index (χ4n) is 2.96. The van der Waals surface area contributed by atoms with E-state index in [1.54, 1.807) is 0 Å². The molecule has 0 atom stereocenters. The molecule has 0 fully saturated rings. The molecular formula is C22H35IN2O6. The highest BCUT2D eigenvalue weighted by atomic mass is 127. The Morgan fingerprint density at radius 1 is 0.839 bits per heavy atom. The number of rotatable bonds is 10. The summed E-state index contributed by atoms with van der Waals surface area (Å²) in [5.41, 5.74) is -0.945. The molecular weight excluding hydrogens is 515 g/mol. The molecule has 0 heterocycles. The lowest BCUT2D eigenvalue weighted by molar-refractivity contribution is 0.0937. The first kappa shape index (κ1) is 27.1. The average molecular weight is 550 g/mol. The maximum Gasteiger partial charge on any atom is 0.407 e. The van der Waals surface area contributed by atoms with E-state index in [0.29, 0.717) is 50.6 Å². The first-order valence-electron chi connectivity index (χ1n) is 10.3. The first-order valence-corrected chi connectivity index (χ1v) is 11.4. The van der Waals surface area contributed by atoms with Gasteiger partial charge in [0.05, 0.1) is 13.2 Å². The Morgan fingerprint density at radius 3 is 1.65 bits per heavy atom. The predicted octanol–water partition coefficient (Wildman–Crippen LogP) is 5.39. The Morgan fingerprint density at radius 2 is 1.26 bits per heavy atom. The lowest BCUT2D eigenvalue weighted by Crippen LogP contribution is -2.45. The van der Waals surface area contributed by atoms with Crippen LogP contribution in [0, 0.1) is 3.57 Å². The van der Waals surface area contributed by atoms with Gasteiger partial charge in [-0.15, -0.1) is 0 Å². The molecule has 0 aromatic heterocycles. The van der Waals surface area contributed by atoms with E-state index in [9.17, 15) is 19.8 Å². The molecule has 1 aromatic carbocycles. The van der Waals surface area contributed by atoms with Crippen molar-refractivity contribution < 1.29 is 29.3 Å². The SMILES string of the molecule is CC(C)(C)N(CCCOc1ccc(I)cc1OCCCN(C(=O)O)C(C)(C)C)C(=O)O. The van der Waals surface area contributed by atoms with Gasteiger partial charge in [0.2, 0.25) is 0 Å². The minimum atomic E-state index is -0.948. The molecule has 0 aliphatic carbocycles. The summed E-state index contributed by atoms with van der Waals surface area (Å²) in [5.74, 6) is 1.18. The van der Waals surface area contributed by atoms with Gasteiger partial charge in [-0.25, -0.2) is 9.59 Å². The van der Waals surface area contributed by atoms with Gasteiger partial charge in [-0.3, -0.25) is 0 Å².